The highest BCUT2D eigenvalue weighted by Gasteiger charge is 2.28. The molecule has 13 nitrogen and oxygen atoms in total. The highest BCUT2D eigenvalue weighted by atomic mass is 16.4. The summed E-state index contributed by atoms with van der Waals surface area (Å²) in [4.78, 5) is 52.8. The second-order valence-electron chi connectivity index (χ2n) is 8.19. The first-order valence-electron chi connectivity index (χ1n) is 11.1. The normalized spacial score (nSPS) is 14.5. The summed E-state index contributed by atoms with van der Waals surface area (Å²) in [5, 5.41) is 16.8. The zero-order chi connectivity index (χ0) is 25.6. The predicted molar refractivity (Wildman–Crippen MR) is 125 cm³/mol. The van der Waals surface area contributed by atoms with Crippen molar-refractivity contribution in [2.24, 2.45) is 33.8 Å². The van der Waals surface area contributed by atoms with Gasteiger partial charge in [0.15, 0.2) is 5.96 Å². The van der Waals surface area contributed by atoms with Gasteiger partial charge < -0.3 is 44.0 Å². The molecule has 0 saturated heterocycles. The standard InChI is InChI=1S/C20H40N8O5/c1-11(2)15(22)18(31)27-13(8-6-10-25-20(23)24)17(30)26-12(3)16(29)28-14(19(32)33)7-4-5-9-21/h11-15H,4-10,21-22H2,1-3H3,(H,26,30)(H,27,31)(H,28,29)(H,32,33)(H4,23,24,25). The van der Waals surface area contributed by atoms with E-state index in [9.17, 15) is 24.3 Å². The molecule has 13 heteroatoms. The monoisotopic (exact) mass is 472 g/mol. The molecule has 33 heavy (non-hydrogen) atoms. The van der Waals surface area contributed by atoms with Gasteiger partial charge in [-0.1, -0.05) is 13.8 Å². The van der Waals surface area contributed by atoms with Crippen molar-refractivity contribution in [1.29, 1.82) is 0 Å². The number of hydrogen-bond donors (Lipinski definition) is 8. The van der Waals surface area contributed by atoms with Gasteiger partial charge in [0.2, 0.25) is 17.7 Å². The average molecular weight is 473 g/mol. The fraction of sp³-hybridized carbons (Fsp3) is 0.750. The van der Waals surface area contributed by atoms with Gasteiger partial charge in [-0.2, -0.15) is 0 Å². The second-order valence-corrected chi connectivity index (χ2v) is 8.19. The van der Waals surface area contributed by atoms with Crippen LogP contribution in [-0.2, 0) is 19.2 Å². The SMILES string of the molecule is CC(NC(=O)C(CCCN=C(N)N)NC(=O)C(N)C(C)C)C(=O)NC(CCCCN)C(=O)O. The van der Waals surface area contributed by atoms with Crippen LogP contribution in [0.15, 0.2) is 4.99 Å². The topological polar surface area (TPSA) is 241 Å². The molecule has 4 unspecified atom stereocenters. The van der Waals surface area contributed by atoms with Gasteiger partial charge in [-0.3, -0.25) is 19.4 Å². The van der Waals surface area contributed by atoms with Gasteiger partial charge in [0.05, 0.1) is 6.04 Å². The first-order chi connectivity index (χ1) is 15.4. The summed E-state index contributed by atoms with van der Waals surface area (Å²) in [7, 11) is 0. The summed E-state index contributed by atoms with van der Waals surface area (Å²) in [6.07, 6.45) is 1.97. The van der Waals surface area contributed by atoms with Crippen molar-refractivity contribution in [3.8, 4) is 0 Å². The zero-order valence-electron chi connectivity index (χ0n) is 19.7. The van der Waals surface area contributed by atoms with Gasteiger partial charge >= 0.3 is 5.97 Å². The van der Waals surface area contributed by atoms with Crippen LogP contribution in [-0.4, -0.2) is 72.0 Å². The van der Waals surface area contributed by atoms with E-state index in [-0.39, 0.29) is 31.3 Å². The van der Waals surface area contributed by atoms with E-state index < -0.39 is 47.9 Å². The van der Waals surface area contributed by atoms with Crippen LogP contribution in [0.25, 0.3) is 0 Å². The van der Waals surface area contributed by atoms with Gasteiger partial charge in [0, 0.05) is 6.54 Å². The minimum Gasteiger partial charge on any atom is -0.480 e. The van der Waals surface area contributed by atoms with Crippen molar-refractivity contribution >= 4 is 29.7 Å². The van der Waals surface area contributed by atoms with Crippen molar-refractivity contribution in [1.82, 2.24) is 16.0 Å². The van der Waals surface area contributed by atoms with Crippen LogP contribution < -0.4 is 38.9 Å². The smallest absolute Gasteiger partial charge is 0.326 e. The number of hydrogen-bond acceptors (Lipinski definition) is 7. The van der Waals surface area contributed by atoms with E-state index in [2.05, 4.69) is 20.9 Å². The molecule has 0 radical (unpaired) electrons. The first kappa shape index (κ1) is 30.1. The van der Waals surface area contributed by atoms with Crippen molar-refractivity contribution in [2.75, 3.05) is 13.1 Å². The quantitative estimate of drug-likeness (QED) is 0.0683. The Morgan fingerprint density at radius 2 is 1.42 bits per heavy atom. The van der Waals surface area contributed by atoms with Crippen molar-refractivity contribution in [3.63, 3.8) is 0 Å². The summed E-state index contributed by atoms with van der Waals surface area (Å²) in [6.45, 7) is 5.64. The Balaban J connectivity index is 5.12. The molecule has 0 rings (SSSR count). The summed E-state index contributed by atoms with van der Waals surface area (Å²) in [5.74, 6) is -3.19. The first-order valence-corrected chi connectivity index (χ1v) is 11.1. The van der Waals surface area contributed by atoms with Crippen LogP contribution in [0.2, 0.25) is 0 Å². The maximum Gasteiger partial charge on any atom is 0.326 e. The van der Waals surface area contributed by atoms with Gasteiger partial charge in [-0.05, 0) is 51.5 Å². The number of carboxylic acid groups (broad SMARTS) is 1. The van der Waals surface area contributed by atoms with Crippen molar-refractivity contribution in [2.45, 2.75) is 77.0 Å². The minimum atomic E-state index is -1.17. The van der Waals surface area contributed by atoms with E-state index in [0.717, 1.165) is 0 Å². The highest BCUT2D eigenvalue weighted by molar-refractivity contribution is 5.93. The van der Waals surface area contributed by atoms with E-state index in [0.29, 0.717) is 25.8 Å². The van der Waals surface area contributed by atoms with Crippen LogP contribution in [0.5, 0.6) is 0 Å². The Morgan fingerprint density at radius 1 is 0.848 bits per heavy atom. The molecule has 0 bridgehead atoms. The fourth-order valence-corrected chi connectivity index (χ4v) is 2.77. The fourth-order valence-electron chi connectivity index (χ4n) is 2.77. The number of nitrogens with zero attached hydrogens (tertiary/aromatic N) is 1. The molecule has 4 atom stereocenters. The Bertz CT molecular complexity index is 681. The summed E-state index contributed by atoms with van der Waals surface area (Å²) in [6, 6.07) is -3.93. The Kier molecular flexibility index (Phi) is 14.4. The van der Waals surface area contributed by atoms with Crippen LogP contribution >= 0.6 is 0 Å². The molecule has 0 fully saturated rings. The summed E-state index contributed by atoms with van der Waals surface area (Å²) in [5.41, 5.74) is 21.9. The number of unbranched alkanes of at least 4 members (excludes halogenated alkanes) is 1. The number of carbonyl (C=O) groups is 4. The third-order valence-corrected chi connectivity index (χ3v) is 4.91. The van der Waals surface area contributed by atoms with Gasteiger partial charge in [0.25, 0.3) is 0 Å². The van der Waals surface area contributed by atoms with Crippen LogP contribution in [0.4, 0.5) is 0 Å². The molecule has 0 aliphatic heterocycles. The Morgan fingerprint density at radius 3 is 1.94 bits per heavy atom. The molecule has 0 heterocycles. The molecule has 0 aromatic heterocycles. The number of rotatable bonds is 16. The average Bonchev–Trinajstić information content (AvgIpc) is 2.73. The van der Waals surface area contributed by atoms with E-state index in [4.69, 9.17) is 22.9 Å². The van der Waals surface area contributed by atoms with Crippen LogP contribution in [0.3, 0.4) is 0 Å². The molecule has 0 aliphatic carbocycles. The lowest BCUT2D eigenvalue weighted by Gasteiger charge is -2.24. The summed E-state index contributed by atoms with van der Waals surface area (Å²) < 4.78 is 0. The number of carbonyl (C=O) groups excluding carboxylic acids is 3. The van der Waals surface area contributed by atoms with Gasteiger partial charge in [-0.15, -0.1) is 0 Å². The van der Waals surface area contributed by atoms with Crippen molar-refractivity contribution in [3.05, 3.63) is 0 Å². The number of nitrogens with two attached hydrogens (primary N) is 4. The van der Waals surface area contributed by atoms with Crippen LogP contribution in [0, 0.1) is 5.92 Å². The Labute approximate surface area is 194 Å². The molecule has 3 amide bonds. The van der Waals surface area contributed by atoms with Gasteiger partial charge in [-0.25, -0.2) is 4.79 Å². The summed E-state index contributed by atoms with van der Waals surface area (Å²) >= 11 is 0. The molecular weight excluding hydrogens is 432 g/mol. The van der Waals surface area contributed by atoms with E-state index >= 15 is 0 Å². The molecule has 0 saturated carbocycles. The van der Waals surface area contributed by atoms with Gasteiger partial charge in [0.1, 0.15) is 18.1 Å². The number of amides is 3. The number of nitrogens with one attached hydrogen (secondary N) is 3. The van der Waals surface area contributed by atoms with E-state index in [1.807, 2.05) is 0 Å². The van der Waals surface area contributed by atoms with E-state index in [1.165, 1.54) is 6.92 Å². The maximum absolute atomic E-state index is 12.8. The molecule has 0 spiro atoms. The third-order valence-electron chi connectivity index (χ3n) is 4.91. The lowest BCUT2D eigenvalue weighted by atomic mass is 10.0. The number of guanidine groups is 1. The number of aliphatic carboxylic acids is 1. The number of carboxylic acids is 1. The highest BCUT2D eigenvalue weighted by Crippen LogP contribution is 2.05. The lowest BCUT2D eigenvalue weighted by molar-refractivity contribution is -0.142. The molecule has 12 N–H and O–H groups in total. The predicted octanol–water partition coefficient (Wildman–Crippen LogP) is -2.29. The number of aliphatic imine (C=N–C) groups is 1. The molecule has 0 aliphatic rings. The largest absolute Gasteiger partial charge is 0.480 e. The zero-order valence-corrected chi connectivity index (χ0v) is 19.7. The van der Waals surface area contributed by atoms with Crippen molar-refractivity contribution < 1.29 is 24.3 Å². The minimum absolute atomic E-state index is 0.0911. The third kappa shape index (κ3) is 12.6. The lowest BCUT2D eigenvalue weighted by Crippen LogP contribution is -2.56. The molecular formula is C20H40N8O5. The Hall–Kier alpha value is -2.93. The van der Waals surface area contributed by atoms with Crippen LogP contribution in [0.1, 0.15) is 52.9 Å². The molecule has 190 valence electrons. The second kappa shape index (κ2) is 15.8. The van der Waals surface area contributed by atoms with E-state index in [1.54, 1.807) is 13.8 Å². The molecule has 0 aromatic rings. The molecule has 0 aromatic carbocycles. The maximum atomic E-state index is 12.8.